The Labute approximate surface area is 284 Å². The highest BCUT2D eigenvalue weighted by molar-refractivity contribution is 6.06. The summed E-state index contributed by atoms with van der Waals surface area (Å²) in [6, 6.07) is 16.0. The van der Waals surface area contributed by atoms with E-state index in [9.17, 15) is 9.59 Å². The lowest BCUT2D eigenvalue weighted by Gasteiger charge is -2.27. The molecule has 1 saturated carbocycles. The number of imidazole rings is 1. The number of likely N-dealkylation sites (N-methyl/N-ethyl adjacent to an activating group) is 1. The number of para-hydroxylation sites is 1. The highest BCUT2D eigenvalue weighted by Gasteiger charge is 2.20. The van der Waals surface area contributed by atoms with E-state index in [1.165, 1.54) is 12.8 Å². The quantitative estimate of drug-likeness (QED) is 0.144. The molecule has 48 heavy (non-hydrogen) atoms. The van der Waals surface area contributed by atoms with E-state index in [0.29, 0.717) is 63.6 Å². The van der Waals surface area contributed by atoms with Gasteiger partial charge < -0.3 is 29.4 Å². The van der Waals surface area contributed by atoms with Crippen molar-refractivity contribution in [1.82, 2.24) is 24.3 Å². The highest BCUT2D eigenvalue weighted by atomic mass is 16.5. The monoisotopic (exact) mass is 660 g/mol. The van der Waals surface area contributed by atoms with Crippen LogP contribution in [0.4, 0.5) is 5.82 Å². The Bertz CT molecular complexity index is 1600. The molecule has 11 heteroatoms. The van der Waals surface area contributed by atoms with Crippen LogP contribution in [0.2, 0.25) is 0 Å². The molecule has 1 aliphatic carbocycles. The number of aromatic nitrogens is 3. The zero-order valence-corrected chi connectivity index (χ0v) is 29.0. The van der Waals surface area contributed by atoms with Crippen LogP contribution < -0.4 is 10.5 Å². The van der Waals surface area contributed by atoms with Crippen molar-refractivity contribution in [3.63, 3.8) is 0 Å². The first kappa shape index (κ1) is 36.6. The predicted octanol–water partition coefficient (Wildman–Crippen LogP) is 5.62. The molecular weight excluding hydrogens is 608 g/mol. The second-order valence-electron chi connectivity index (χ2n) is 12.0. The van der Waals surface area contributed by atoms with Crippen LogP contribution in [-0.2, 0) is 38.6 Å². The average molecular weight is 661 g/mol. The van der Waals surface area contributed by atoms with Gasteiger partial charge in [-0.3, -0.25) is 14.5 Å². The summed E-state index contributed by atoms with van der Waals surface area (Å²) in [5.74, 6) is 2.28. The van der Waals surface area contributed by atoms with Crippen LogP contribution in [0.5, 0.6) is 5.75 Å². The third kappa shape index (κ3) is 9.90. The SMILES string of the molecule is CCOc1cccc(CN(CCCn2c(CCOC)nc3c(N)nc4ccccc4c32)C(=O)CN(CC)CC)c1.O=COC1CCCC1. The van der Waals surface area contributed by atoms with Crippen LogP contribution in [0.15, 0.2) is 48.5 Å². The Kier molecular flexibility index (Phi) is 14.5. The van der Waals surface area contributed by atoms with Gasteiger partial charge in [0.15, 0.2) is 5.82 Å². The van der Waals surface area contributed by atoms with E-state index in [1.807, 2.05) is 54.3 Å². The number of carbonyl (C=O) groups is 2. The van der Waals surface area contributed by atoms with Crippen LogP contribution in [0.1, 0.15) is 64.3 Å². The zero-order valence-electron chi connectivity index (χ0n) is 29.0. The number of carbonyl (C=O) groups excluding carboxylic acids is 2. The lowest BCUT2D eigenvalue weighted by molar-refractivity contribution is -0.134. The first-order valence-electron chi connectivity index (χ1n) is 17.2. The van der Waals surface area contributed by atoms with E-state index < -0.39 is 0 Å². The topological polar surface area (TPSA) is 125 Å². The third-order valence-electron chi connectivity index (χ3n) is 8.77. The Morgan fingerprint density at radius 1 is 1.06 bits per heavy atom. The lowest BCUT2D eigenvalue weighted by Crippen LogP contribution is -2.40. The summed E-state index contributed by atoms with van der Waals surface area (Å²) in [4.78, 5) is 36.8. The van der Waals surface area contributed by atoms with Gasteiger partial charge in [-0.1, -0.05) is 44.2 Å². The van der Waals surface area contributed by atoms with Crippen molar-refractivity contribution in [1.29, 1.82) is 0 Å². The lowest BCUT2D eigenvalue weighted by atomic mass is 10.1. The van der Waals surface area contributed by atoms with E-state index in [2.05, 4.69) is 34.4 Å². The van der Waals surface area contributed by atoms with Crippen molar-refractivity contribution >= 4 is 40.1 Å². The van der Waals surface area contributed by atoms with Crippen molar-refractivity contribution in [3.05, 3.63) is 59.9 Å². The minimum Gasteiger partial charge on any atom is -0.494 e. The number of methoxy groups -OCH3 is 1. The number of fused-ring (bicyclic) bond motifs is 3. The summed E-state index contributed by atoms with van der Waals surface area (Å²) in [7, 11) is 1.69. The fraction of sp³-hybridized carbons (Fsp3) is 0.514. The van der Waals surface area contributed by atoms with Gasteiger partial charge in [-0.25, -0.2) is 9.97 Å². The maximum atomic E-state index is 13.5. The number of anilines is 1. The first-order valence-corrected chi connectivity index (χ1v) is 17.2. The summed E-state index contributed by atoms with van der Waals surface area (Å²) >= 11 is 0. The number of amides is 1. The van der Waals surface area contributed by atoms with Crippen LogP contribution in [-0.4, -0.2) is 89.3 Å². The largest absolute Gasteiger partial charge is 0.494 e. The second-order valence-corrected chi connectivity index (χ2v) is 12.0. The Morgan fingerprint density at radius 3 is 2.54 bits per heavy atom. The molecule has 2 aromatic carbocycles. The molecule has 1 amide bonds. The highest BCUT2D eigenvalue weighted by Crippen LogP contribution is 2.29. The van der Waals surface area contributed by atoms with Gasteiger partial charge in [-0.15, -0.1) is 0 Å². The molecule has 4 aromatic rings. The van der Waals surface area contributed by atoms with Gasteiger partial charge in [-0.2, -0.15) is 0 Å². The molecule has 0 aliphatic heterocycles. The van der Waals surface area contributed by atoms with Gasteiger partial charge in [-0.05, 0) is 75.9 Å². The number of nitrogens with zero attached hydrogens (tertiary/aromatic N) is 5. The van der Waals surface area contributed by atoms with E-state index in [1.54, 1.807) is 7.11 Å². The fourth-order valence-electron chi connectivity index (χ4n) is 6.20. The molecule has 0 atom stereocenters. The van der Waals surface area contributed by atoms with Crippen LogP contribution in [0.3, 0.4) is 0 Å². The normalized spacial score (nSPS) is 13.1. The van der Waals surface area contributed by atoms with Gasteiger partial charge in [0.1, 0.15) is 23.2 Å². The average Bonchev–Trinajstić information content (AvgIpc) is 3.75. The molecule has 5 rings (SSSR count). The van der Waals surface area contributed by atoms with Gasteiger partial charge in [0.05, 0.1) is 30.8 Å². The number of rotatable bonds is 17. The van der Waals surface area contributed by atoms with E-state index >= 15 is 0 Å². The molecule has 1 aliphatic rings. The number of pyridine rings is 1. The standard InChI is InChI=1S/C31H42N6O3.C6H10O2/c1-5-35(6-2)22-28(38)36(21-23-12-10-13-24(20-23)40-7-3)17-11-18-37-27(16-19-39-4)34-29-30(37)25-14-8-9-15-26(25)33-31(29)32;7-5-8-6-3-1-2-4-6/h8-10,12-15,20H,5-7,11,16-19,21-22H2,1-4H3,(H2,32,33);5-6H,1-4H2. The van der Waals surface area contributed by atoms with Crippen molar-refractivity contribution < 1.29 is 23.8 Å². The molecule has 0 spiro atoms. The van der Waals surface area contributed by atoms with Gasteiger partial charge in [0, 0.05) is 38.6 Å². The maximum absolute atomic E-state index is 13.5. The van der Waals surface area contributed by atoms with Crippen molar-refractivity contribution in [2.24, 2.45) is 0 Å². The Morgan fingerprint density at radius 2 is 1.83 bits per heavy atom. The molecular formula is C37H52N6O5. The number of nitrogen functional groups attached to an aromatic ring is 1. The summed E-state index contributed by atoms with van der Waals surface area (Å²) < 4.78 is 18.0. The van der Waals surface area contributed by atoms with Crippen LogP contribution in [0.25, 0.3) is 21.9 Å². The molecule has 0 saturated heterocycles. The van der Waals surface area contributed by atoms with Crippen molar-refractivity contribution in [3.8, 4) is 5.75 Å². The number of hydrogen-bond donors (Lipinski definition) is 1. The minimum absolute atomic E-state index is 0.125. The van der Waals surface area contributed by atoms with Gasteiger partial charge >= 0.3 is 0 Å². The molecule has 2 N–H and O–H groups in total. The smallest absolute Gasteiger partial charge is 0.293 e. The summed E-state index contributed by atoms with van der Waals surface area (Å²) in [5, 5.41) is 1.02. The van der Waals surface area contributed by atoms with Crippen molar-refractivity contribution in [2.75, 3.05) is 52.2 Å². The summed E-state index contributed by atoms with van der Waals surface area (Å²) in [6.45, 7) is 11.8. The Balaban J connectivity index is 0.000000569. The molecule has 2 heterocycles. The second kappa shape index (κ2) is 18.9. The van der Waals surface area contributed by atoms with Gasteiger partial charge in [0.25, 0.3) is 6.47 Å². The van der Waals surface area contributed by atoms with Crippen LogP contribution >= 0.6 is 0 Å². The molecule has 11 nitrogen and oxygen atoms in total. The van der Waals surface area contributed by atoms with E-state index in [4.69, 9.17) is 24.9 Å². The molecule has 0 radical (unpaired) electrons. The third-order valence-corrected chi connectivity index (χ3v) is 8.77. The number of aryl methyl sites for hydroxylation is 1. The molecule has 260 valence electrons. The summed E-state index contributed by atoms with van der Waals surface area (Å²) in [6.07, 6.45) is 6.24. The molecule has 0 bridgehead atoms. The number of benzene rings is 2. The number of ether oxygens (including phenoxy) is 3. The first-order chi connectivity index (χ1) is 23.4. The molecule has 0 unspecified atom stereocenters. The number of nitrogens with two attached hydrogens (primary N) is 1. The zero-order chi connectivity index (χ0) is 34.3. The minimum atomic E-state index is 0.125. The Hall–Kier alpha value is -4.22. The fourth-order valence-corrected chi connectivity index (χ4v) is 6.20. The number of hydrogen-bond acceptors (Lipinski definition) is 9. The molecule has 1 fully saturated rings. The van der Waals surface area contributed by atoms with E-state index in [-0.39, 0.29) is 12.0 Å². The maximum Gasteiger partial charge on any atom is 0.293 e. The van der Waals surface area contributed by atoms with Crippen LogP contribution in [0, 0.1) is 0 Å². The van der Waals surface area contributed by atoms with Gasteiger partial charge in [0.2, 0.25) is 5.91 Å². The predicted molar refractivity (Wildman–Crippen MR) is 190 cm³/mol. The summed E-state index contributed by atoms with van der Waals surface area (Å²) in [5.41, 5.74) is 9.95. The van der Waals surface area contributed by atoms with E-state index in [0.717, 1.165) is 65.9 Å². The van der Waals surface area contributed by atoms with Crippen molar-refractivity contribution in [2.45, 2.75) is 78.5 Å². The molecule has 2 aromatic heterocycles.